The van der Waals surface area contributed by atoms with Gasteiger partial charge in [-0.1, -0.05) is 0 Å². The van der Waals surface area contributed by atoms with Crippen molar-refractivity contribution in [3.63, 3.8) is 0 Å². The molecule has 0 aliphatic carbocycles. The highest BCUT2D eigenvalue weighted by Crippen LogP contribution is 2.20. The Morgan fingerprint density at radius 3 is 2.36 bits per heavy atom. The molecule has 0 spiro atoms. The summed E-state index contributed by atoms with van der Waals surface area (Å²) in [5, 5.41) is 23.5. The van der Waals surface area contributed by atoms with Crippen molar-refractivity contribution in [2.75, 3.05) is 25.1 Å². The van der Waals surface area contributed by atoms with Crippen LogP contribution in [0.2, 0.25) is 0 Å². The second kappa shape index (κ2) is 15.8. The van der Waals surface area contributed by atoms with Crippen LogP contribution in [0.3, 0.4) is 0 Å². The number of likely N-dealkylation sites (tertiary alicyclic amines) is 1. The minimum atomic E-state index is -1.24. The maximum Gasteiger partial charge on any atom is 0.326 e. The van der Waals surface area contributed by atoms with E-state index in [2.05, 4.69) is 15.6 Å². The third-order valence-corrected chi connectivity index (χ3v) is 6.27. The molecule has 36 heavy (non-hydrogen) atoms. The molecule has 4 unspecified atom stereocenters. The molecule has 1 aliphatic heterocycles. The van der Waals surface area contributed by atoms with E-state index in [4.69, 9.17) is 22.3 Å². The molecule has 14 nitrogen and oxygen atoms in total. The Morgan fingerprint density at radius 2 is 1.78 bits per heavy atom. The van der Waals surface area contributed by atoms with Gasteiger partial charge in [0.25, 0.3) is 0 Å². The zero-order valence-corrected chi connectivity index (χ0v) is 21.2. The van der Waals surface area contributed by atoms with Crippen LogP contribution in [0.4, 0.5) is 0 Å². The molecule has 1 aliphatic rings. The van der Waals surface area contributed by atoms with E-state index in [9.17, 15) is 29.1 Å². The van der Waals surface area contributed by atoms with Crippen molar-refractivity contribution >= 4 is 47.4 Å². The van der Waals surface area contributed by atoms with E-state index in [1.165, 1.54) is 16.7 Å². The lowest BCUT2D eigenvalue weighted by atomic mass is 10.1. The number of guanidine groups is 1. The number of carboxylic acid groups (broad SMARTS) is 2. The number of amides is 3. The normalized spacial score (nSPS) is 17.5. The number of carbonyl (C=O) groups excluding carboxylic acids is 3. The maximum atomic E-state index is 13.3. The van der Waals surface area contributed by atoms with E-state index >= 15 is 0 Å². The number of aliphatic carboxylic acids is 2. The van der Waals surface area contributed by atoms with E-state index in [1.54, 1.807) is 0 Å². The van der Waals surface area contributed by atoms with Gasteiger partial charge in [0.1, 0.15) is 18.1 Å². The van der Waals surface area contributed by atoms with Crippen LogP contribution in [0.5, 0.6) is 0 Å². The minimum Gasteiger partial charge on any atom is -0.481 e. The summed E-state index contributed by atoms with van der Waals surface area (Å²) in [6.45, 7) is 0.400. The van der Waals surface area contributed by atoms with E-state index in [1.807, 2.05) is 6.26 Å². The quantitative estimate of drug-likeness (QED) is 0.0654. The van der Waals surface area contributed by atoms with Crippen molar-refractivity contribution in [3.8, 4) is 0 Å². The molecule has 1 saturated heterocycles. The second-order valence-corrected chi connectivity index (χ2v) is 9.41. The molecular formula is C21H37N7O7S. The molecule has 15 heteroatoms. The lowest BCUT2D eigenvalue weighted by Gasteiger charge is -2.30. The van der Waals surface area contributed by atoms with Crippen LogP contribution in [0.1, 0.15) is 44.9 Å². The van der Waals surface area contributed by atoms with Gasteiger partial charge in [-0.25, -0.2) is 4.79 Å². The van der Waals surface area contributed by atoms with Gasteiger partial charge in [-0.2, -0.15) is 11.8 Å². The van der Waals surface area contributed by atoms with Crippen LogP contribution in [-0.2, 0) is 24.0 Å². The first kappa shape index (κ1) is 31.0. The Labute approximate surface area is 213 Å². The van der Waals surface area contributed by atoms with Crippen molar-refractivity contribution in [3.05, 3.63) is 0 Å². The van der Waals surface area contributed by atoms with Crippen molar-refractivity contribution in [1.29, 1.82) is 0 Å². The van der Waals surface area contributed by atoms with Gasteiger partial charge in [0.05, 0.1) is 6.04 Å². The predicted molar refractivity (Wildman–Crippen MR) is 134 cm³/mol. The molecule has 0 saturated carbocycles. The van der Waals surface area contributed by atoms with Crippen LogP contribution in [0, 0.1) is 0 Å². The van der Waals surface area contributed by atoms with Crippen LogP contribution < -0.4 is 27.8 Å². The molecule has 204 valence electrons. The number of hydrogen-bond donors (Lipinski definition) is 7. The monoisotopic (exact) mass is 531 g/mol. The smallest absolute Gasteiger partial charge is 0.326 e. The zero-order valence-electron chi connectivity index (χ0n) is 20.4. The minimum absolute atomic E-state index is 0.0732. The zero-order chi connectivity index (χ0) is 27.3. The molecule has 1 fully saturated rings. The van der Waals surface area contributed by atoms with Gasteiger partial charge < -0.3 is 42.9 Å². The number of carbonyl (C=O) groups is 5. The molecular weight excluding hydrogens is 494 g/mol. The average Bonchev–Trinajstić information content (AvgIpc) is 3.31. The van der Waals surface area contributed by atoms with E-state index < -0.39 is 53.8 Å². The van der Waals surface area contributed by atoms with E-state index in [0.29, 0.717) is 31.4 Å². The van der Waals surface area contributed by atoms with Crippen LogP contribution in [0.25, 0.3) is 0 Å². The highest BCUT2D eigenvalue weighted by molar-refractivity contribution is 7.98. The number of rotatable bonds is 16. The summed E-state index contributed by atoms with van der Waals surface area (Å²) < 4.78 is 0. The Kier molecular flexibility index (Phi) is 13.6. The van der Waals surface area contributed by atoms with Gasteiger partial charge in [0.2, 0.25) is 17.7 Å². The highest BCUT2D eigenvalue weighted by Gasteiger charge is 2.39. The van der Waals surface area contributed by atoms with Gasteiger partial charge in [-0.05, 0) is 50.5 Å². The summed E-state index contributed by atoms with van der Waals surface area (Å²) in [4.78, 5) is 66.4. The number of thioether (sulfide) groups is 1. The summed E-state index contributed by atoms with van der Waals surface area (Å²) in [5.74, 6) is -3.72. The maximum absolute atomic E-state index is 13.3. The number of hydrogen-bond acceptors (Lipinski definition) is 8. The molecule has 0 aromatic heterocycles. The third kappa shape index (κ3) is 10.7. The molecule has 0 radical (unpaired) electrons. The Morgan fingerprint density at radius 1 is 1.08 bits per heavy atom. The second-order valence-electron chi connectivity index (χ2n) is 8.42. The third-order valence-electron chi connectivity index (χ3n) is 5.63. The highest BCUT2D eigenvalue weighted by atomic mass is 32.2. The number of nitrogens with one attached hydrogen (secondary N) is 2. The molecule has 10 N–H and O–H groups in total. The van der Waals surface area contributed by atoms with Gasteiger partial charge >= 0.3 is 11.9 Å². The lowest BCUT2D eigenvalue weighted by molar-refractivity contribution is -0.145. The fourth-order valence-corrected chi connectivity index (χ4v) is 4.20. The first-order valence-electron chi connectivity index (χ1n) is 11.6. The SMILES string of the molecule is CSCCC(N)C(=O)NC(CCC(=O)O)C(=O)N1CCCC1C(=O)NC(CCCN=C(N)N)C(=O)O. The van der Waals surface area contributed by atoms with Crippen molar-refractivity contribution in [2.24, 2.45) is 22.2 Å². The first-order valence-corrected chi connectivity index (χ1v) is 13.0. The fourth-order valence-electron chi connectivity index (χ4n) is 3.71. The van der Waals surface area contributed by atoms with E-state index in [-0.39, 0.29) is 38.3 Å². The largest absolute Gasteiger partial charge is 0.481 e. The van der Waals surface area contributed by atoms with Gasteiger partial charge in [-0.3, -0.25) is 24.2 Å². The summed E-state index contributed by atoms with van der Waals surface area (Å²) in [7, 11) is 0. The Balaban J connectivity index is 2.90. The Hall–Kier alpha value is -3.07. The number of nitrogens with two attached hydrogens (primary N) is 3. The van der Waals surface area contributed by atoms with Crippen LogP contribution >= 0.6 is 11.8 Å². The fraction of sp³-hybridized carbons (Fsp3) is 0.714. The first-order chi connectivity index (χ1) is 17.0. The van der Waals surface area contributed by atoms with E-state index in [0.717, 1.165) is 0 Å². The number of carboxylic acids is 2. The Bertz CT molecular complexity index is 822. The molecule has 0 bridgehead atoms. The predicted octanol–water partition coefficient (Wildman–Crippen LogP) is -1.97. The molecule has 4 atom stereocenters. The van der Waals surface area contributed by atoms with Crippen LogP contribution in [0.15, 0.2) is 4.99 Å². The van der Waals surface area contributed by atoms with Gasteiger partial charge in [0.15, 0.2) is 5.96 Å². The van der Waals surface area contributed by atoms with Crippen molar-refractivity contribution < 1.29 is 34.2 Å². The molecule has 3 amide bonds. The van der Waals surface area contributed by atoms with Gasteiger partial charge in [-0.15, -0.1) is 0 Å². The summed E-state index contributed by atoms with van der Waals surface area (Å²) in [5.41, 5.74) is 16.4. The average molecular weight is 532 g/mol. The standard InChI is InChI=1S/C21H37N7O7S/c1-36-11-8-12(22)17(31)26-13(6-7-16(29)30)19(33)28-10-3-5-15(28)18(32)27-14(20(34)35)4-2-9-25-21(23)24/h12-15H,2-11,22H2,1H3,(H,26,31)(H,27,32)(H,29,30)(H,34,35)(H4,23,24,25). The lowest BCUT2D eigenvalue weighted by Crippen LogP contribution is -2.56. The van der Waals surface area contributed by atoms with Crippen molar-refractivity contribution in [2.45, 2.75) is 69.1 Å². The molecule has 0 aromatic carbocycles. The van der Waals surface area contributed by atoms with Crippen LogP contribution in [-0.4, -0.2) is 100.0 Å². The topological polar surface area (TPSA) is 244 Å². The van der Waals surface area contributed by atoms with Crippen molar-refractivity contribution in [1.82, 2.24) is 15.5 Å². The van der Waals surface area contributed by atoms with Gasteiger partial charge in [0, 0.05) is 19.5 Å². The summed E-state index contributed by atoms with van der Waals surface area (Å²) >= 11 is 1.51. The molecule has 0 aromatic rings. The summed E-state index contributed by atoms with van der Waals surface area (Å²) in [6, 6.07) is -4.21. The molecule has 1 rings (SSSR count). The number of nitrogens with zero attached hydrogens (tertiary/aromatic N) is 2. The summed E-state index contributed by atoms with van der Waals surface area (Å²) in [6.07, 6.45) is 2.85. The number of aliphatic imine (C=N–C) groups is 1. The molecule has 1 heterocycles.